The van der Waals surface area contributed by atoms with Crippen LogP contribution < -0.4 is 0 Å². The number of aliphatic hydroxyl groups excluding tert-OH is 3. The fourth-order valence-electron chi connectivity index (χ4n) is 6.80. The Morgan fingerprint density at radius 1 is 0.735 bits per heavy atom. The minimum absolute atomic E-state index is 0.0835. The fourth-order valence-corrected chi connectivity index (χ4v) is 6.80. The first-order valence-corrected chi connectivity index (χ1v) is 20.3. The van der Waals surface area contributed by atoms with Gasteiger partial charge in [-0.1, -0.05) is 154 Å². The van der Waals surface area contributed by atoms with Crippen molar-refractivity contribution in [1.29, 1.82) is 0 Å². The molecule has 0 saturated heterocycles. The van der Waals surface area contributed by atoms with Crippen LogP contribution in [0, 0.1) is 11.8 Å². The molecule has 286 valence electrons. The molecule has 8 heteroatoms. The van der Waals surface area contributed by atoms with Crippen molar-refractivity contribution in [2.45, 2.75) is 206 Å². The number of rotatable bonds is 33. The van der Waals surface area contributed by atoms with Gasteiger partial charge in [-0.05, 0) is 25.7 Å². The van der Waals surface area contributed by atoms with Crippen LogP contribution in [0.4, 0.5) is 0 Å². The van der Waals surface area contributed by atoms with E-state index in [0.717, 1.165) is 57.8 Å². The lowest BCUT2D eigenvalue weighted by atomic mass is 9.88. The van der Waals surface area contributed by atoms with Crippen LogP contribution in [-0.4, -0.2) is 64.6 Å². The smallest absolute Gasteiger partial charge is 0.306 e. The molecule has 1 saturated carbocycles. The number of hydrogen-bond donors (Lipinski definition) is 3. The minimum Gasteiger partial charge on any atom is -0.462 e. The third-order valence-electron chi connectivity index (χ3n) is 9.95. The maximum Gasteiger partial charge on any atom is 0.306 e. The second-order valence-electron chi connectivity index (χ2n) is 14.5. The van der Waals surface area contributed by atoms with Gasteiger partial charge in [-0.2, -0.15) is 0 Å². The van der Waals surface area contributed by atoms with Gasteiger partial charge in [-0.25, -0.2) is 0 Å². The Hall–Kier alpha value is -1.77. The number of carbonyl (C=O) groups is 3. The topological polar surface area (TPSA) is 130 Å². The summed E-state index contributed by atoms with van der Waals surface area (Å²) in [6.45, 7) is 3.85. The highest BCUT2D eigenvalue weighted by Gasteiger charge is 2.39. The van der Waals surface area contributed by atoms with Crippen molar-refractivity contribution in [3.8, 4) is 0 Å². The molecule has 0 aliphatic heterocycles. The molecule has 0 aromatic rings. The summed E-state index contributed by atoms with van der Waals surface area (Å²) in [4.78, 5) is 36.9. The first-order chi connectivity index (χ1) is 23.8. The zero-order chi connectivity index (χ0) is 36.0. The molecule has 0 spiro atoms. The fraction of sp³-hybridized carbons (Fsp3) is 0.878. The number of hydrogen-bond acceptors (Lipinski definition) is 8. The number of esters is 2. The van der Waals surface area contributed by atoms with Gasteiger partial charge in [0.25, 0.3) is 0 Å². The Kier molecular flexibility index (Phi) is 28.6. The number of carbonyl (C=O) groups excluding carboxylic acids is 3. The molecular weight excluding hydrogens is 620 g/mol. The largest absolute Gasteiger partial charge is 0.462 e. The first-order valence-electron chi connectivity index (χ1n) is 20.3. The van der Waals surface area contributed by atoms with Gasteiger partial charge in [-0.3, -0.25) is 14.4 Å². The second kappa shape index (κ2) is 31.0. The van der Waals surface area contributed by atoms with Gasteiger partial charge in [-0.15, -0.1) is 0 Å². The maximum atomic E-state index is 12.5. The van der Waals surface area contributed by atoms with Crippen LogP contribution in [0.15, 0.2) is 12.2 Å². The SMILES string of the molecule is CCCCCCCCCCCCCCCCCC(=O)O[C@@H](CO)COC(=O)CCCCCC[C@H]1C(=O)C[C@@H](O)[C@@H]1/C=C/[C@@H](O)CCCCC. The van der Waals surface area contributed by atoms with Gasteiger partial charge in [0, 0.05) is 31.1 Å². The molecule has 1 aliphatic rings. The van der Waals surface area contributed by atoms with E-state index in [9.17, 15) is 29.7 Å². The minimum atomic E-state index is -0.841. The van der Waals surface area contributed by atoms with Crippen molar-refractivity contribution in [2.24, 2.45) is 11.8 Å². The van der Waals surface area contributed by atoms with Crippen LogP contribution in [0.3, 0.4) is 0 Å². The van der Waals surface area contributed by atoms with E-state index >= 15 is 0 Å². The van der Waals surface area contributed by atoms with Crippen molar-refractivity contribution in [3.05, 3.63) is 12.2 Å². The summed E-state index contributed by atoms with van der Waals surface area (Å²) >= 11 is 0. The van der Waals surface area contributed by atoms with E-state index in [1.165, 1.54) is 77.0 Å². The molecule has 0 unspecified atom stereocenters. The number of ether oxygens (including phenoxy) is 2. The van der Waals surface area contributed by atoms with Crippen LogP contribution in [-0.2, 0) is 23.9 Å². The molecule has 0 radical (unpaired) electrons. The predicted octanol–water partition coefficient (Wildman–Crippen LogP) is 9.10. The normalized spacial score (nSPS) is 19.0. The molecule has 1 rings (SSSR count). The summed E-state index contributed by atoms with van der Waals surface area (Å²) in [6, 6.07) is 0. The molecule has 5 atom stereocenters. The molecule has 0 amide bonds. The van der Waals surface area contributed by atoms with Crippen molar-refractivity contribution in [2.75, 3.05) is 13.2 Å². The van der Waals surface area contributed by atoms with Crippen LogP contribution in [0.2, 0.25) is 0 Å². The third-order valence-corrected chi connectivity index (χ3v) is 9.95. The van der Waals surface area contributed by atoms with E-state index in [2.05, 4.69) is 13.8 Å². The van der Waals surface area contributed by atoms with E-state index < -0.39 is 18.3 Å². The molecule has 0 bridgehead atoms. The van der Waals surface area contributed by atoms with Crippen molar-refractivity contribution < 1.29 is 39.2 Å². The average Bonchev–Trinajstić information content (AvgIpc) is 3.36. The standard InChI is InChI=1S/C41H74O8/c1-3-5-7-8-9-10-11-12-13-14-15-16-17-18-24-28-41(47)49-35(32-42)33-48-40(46)27-23-20-19-22-26-36-37(39(45)31-38(36)44)30-29-34(43)25-21-6-4-2/h29-30,34-37,39,42-43,45H,3-28,31-33H2,1-2H3/b30-29+/t34-,35-,36+,37+,39+/m0/s1. The Labute approximate surface area is 299 Å². The Balaban J connectivity index is 2.07. The van der Waals surface area contributed by atoms with Crippen molar-refractivity contribution in [1.82, 2.24) is 0 Å². The summed E-state index contributed by atoms with van der Waals surface area (Å²) in [5.74, 6) is -1.13. The second-order valence-corrected chi connectivity index (χ2v) is 14.5. The molecule has 8 nitrogen and oxygen atoms in total. The molecular formula is C41H74O8. The molecule has 0 aromatic carbocycles. The number of ketones is 1. The van der Waals surface area contributed by atoms with E-state index in [4.69, 9.17) is 9.47 Å². The van der Waals surface area contributed by atoms with E-state index in [1.807, 2.05) is 6.08 Å². The number of aliphatic hydroxyl groups is 3. The highest BCUT2D eigenvalue weighted by Crippen LogP contribution is 2.34. The maximum absolute atomic E-state index is 12.5. The average molecular weight is 695 g/mol. The van der Waals surface area contributed by atoms with Crippen LogP contribution in [0.5, 0.6) is 0 Å². The summed E-state index contributed by atoms with van der Waals surface area (Å²) < 4.78 is 10.6. The Bertz CT molecular complexity index is 858. The highest BCUT2D eigenvalue weighted by atomic mass is 16.6. The van der Waals surface area contributed by atoms with Gasteiger partial charge in [0.2, 0.25) is 0 Å². The summed E-state index contributed by atoms with van der Waals surface area (Å²) in [5, 5.41) is 30.2. The molecule has 49 heavy (non-hydrogen) atoms. The van der Waals surface area contributed by atoms with Gasteiger partial charge >= 0.3 is 11.9 Å². The van der Waals surface area contributed by atoms with Crippen LogP contribution in [0.25, 0.3) is 0 Å². The van der Waals surface area contributed by atoms with Crippen LogP contribution >= 0.6 is 0 Å². The molecule has 0 heterocycles. The van der Waals surface area contributed by atoms with Gasteiger partial charge < -0.3 is 24.8 Å². The van der Waals surface area contributed by atoms with E-state index in [-0.39, 0.29) is 55.6 Å². The molecule has 1 fully saturated rings. The lowest BCUT2D eigenvalue weighted by Crippen LogP contribution is -2.28. The van der Waals surface area contributed by atoms with E-state index in [1.54, 1.807) is 6.08 Å². The quantitative estimate of drug-likeness (QED) is 0.0352. The monoisotopic (exact) mass is 695 g/mol. The Morgan fingerprint density at radius 2 is 1.22 bits per heavy atom. The number of Topliss-reactive ketones (excluding diaryl/α,β-unsaturated/α-hetero) is 1. The third kappa shape index (κ3) is 24.1. The molecule has 0 aromatic heterocycles. The lowest BCUT2D eigenvalue weighted by molar-refractivity contribution is -0.161. The van der Waals surface area contributed by atoms with Gasteiger partial charge in [0.05, 0.1) is 18.8 Å². The summed E-state index contributed by atoms with van der Waals surface area (Å²) in [5.41, 5.74) is 0. The number of unbranched alkanes of at least 4 members (excludes halogenated alkanes) is 19. The van der Waals surface area contributed by atoms with E-state index in [0.29, 0.717) is 25.7 Å². The highest BCUT2D eigenvalue weighted by molar-refractivity contribution is 5.84. The van der Waals surface area contributed by atoms with Crippen molar-refractivity contribution in [3.63, 3.8) is 0 Å². The van der Waals surface area contributed by atoms with Crippen LogP contribution in [0.1, 0.15) is 187 Å². The molecule has 3 N–H and O–H groups in total. The van der Waals surface area contributed by atoms with Crippen molar-refractivity contribution >= 4 is 17.7 Å². The zero-order valence-electron chi connectivity index (χ0n) is 31.4. The van der Waals surface area contributed by atoms with Gasteiger partial charge in [0.15, 0.2) is 6.10 Å². The zero-order valence-corrected chi connectivity index (χ0v) is 31.4. The summed E-state index contributed by atoms with van der Waals surface area (Å²) in [6.07, 6.45) is 28.8. The predicted molar refractivity (Wildman–Crippen MR) is 197 cm³/mol. The van der Waals surface area contributed by atoms with Gasteiger partial charge in [0.1, 0.15) is 12.4 Å². The molecule has 1 aliphatic carbocycles. The lowest BCUT2D eigenvalue weighted by Gasteiger charge is -2.18. The summed E-state index contributed by atoms with van der Waals surface area (Å²) in [7, 11) is 0. The Morgan fingerprint density at radius 3 is 1.78 bits per heavy atom. The first kappa shape index (κ1) is 45.3.